The Morgan fingerprint density at radius 3 is 2.50 bits per heavy atom. The maximum absolute atomic E-state index is 12.2. The summed E-state index contributed by atoms with van der Waals surface area (Å²) in [5.74, 6) is -0.387. The first-order valence-corrected chi connectivity index (χ1v) is 7.24. The van der Waals surface area contributed by atoms with Gasteiger partial charge >= 0.3 is 0 Å². The molecule has 0 aliphatic heterocycles. The highest BCUT2D eigenvalue weighted by molar-refractivity contribution is 6.29. The van der Waals surface area contributed by atoms with Gasteiger partial charge in [-0.15, -0.1) is 0 Å². The molecule has 1 heterocycles. The summed E-state index contributed by atoms with van der Waals surface area (Å²) >= 11 is 5.73. The van der Waals surface area contributed by atoms with Gasteiger partial charge in [0.05, 0.1) is 18.5 Å². The fourth-order valence-corrected chi connectivity index (χ4v) is 2.65. The highest BCUT2D eigenvalue weighted by atomic mass is 35.5. The first-order chi connectivity index (χ1) is 9.65. The molecule has 1 aromatic heterocycles. The van der Waals surface area contributed by atoms with Crippen molar-refractivity contribution >= 4 is 17.5 Å². The lowest BCUT2D eigenvalue weighted by molar-refractivity contribution is 0.0902. The van der Waals surface area contributed by atoms with Gasteiger partial charge in [0.25, 0.3) is 5.91 Å². The van der Waals surface area contributed by atoms with Crippen LogP contribution in [-0.2, 0) is 0 Å². The molecule has 1 N–H and O–H groups in total. The topological polar surface area (TPSA) is 78.7 Å². The van der Waals surface area contributed by atoms with E-state index in [2.05, 4.69) is 21.4 Å². The third-order valence-corrected chi connectivity index (χ3v) is 3.79. The van der Waals surface area contributed by atoms with Crippen LogP contribution in [0.15, 0.2) is 12.4 Å². The van der Waals surface area contributed by atoms with E-state index in [1.54, 1.807) is 0 Å². The van der Waals surface area contributed by atoms with Crippen molar-refractivity contribution in [3.63, 3.8) is 0 Å². The smallest absolute Gasteiger partial charge is 0.272 e. The Kier molecular flexibility index (Phi) is 4.91. The summed E-state index contributed by atoms with van der Waals surface area (Å²) in [6.07, 6.45) is 9.42. The molecular weight excluding hydrogens is 276 g/mol. The molecule has 0 aromatic carbocycles. The zero-order valence-electron chi connectivity index (χ0n) is 11.2. The quantitative estimate of drug-likeness (QED) is 0.909. The zero-order valence-corrected chi connectivity index (χ0v) is 12.0. The van der Waals surface area contributed by atoms with E-state index in [1.165, 1.54) is 18.8 Å². The highest BCUT2D eigenvalue weighted by Crippen LogP contribution is 2.26. The van der Waals surface area contributed by atoms with Crippen LogP contribution in [0.4, 0.5) is 0 Å². The molecule has 0 bridgehead atoms. The monoisotopic (exact) mass is 292 g/mol. The minimum absolute atomic E-state index is 0.147. The fourth-order valence-electron chi connectivity index (χ4n) is 2.51. The van der Waals surface area contributed by atoms with Gasteiger partial charge in [-0.25, -0.2) is 4.98 Å². The van der Waals surface area contributed by atoms with Gasteiger partial charge in [0.15, 0.2) is 0 Å². The molecule has 1 aliphatic rings. The number of nitrogens with zero attached hydrogens (tertiary/aromatic N) is 3. The lowest BCUT2D eigenvalue weighted by Crippen LogP contribution is -2.48. The summed E-state index contributed by atoms with van der Waals surface area (Å²) in [6, 6.07) is 2.29. The van der Waals surface area contributed by atoms with Crippen LogP contribution in [0, 0.1) is 11.3 Å². The van der Waals surface area contributed by atoms with Crippen LogP contribution in [0.5, 0.6) is 0 Å². The average molecular weight is 293 g/mol. The van der Waals surface area contributed by atoms with Crippen molar-refractivity contribution in [2.75, 3.05) is 0 Å². The number of hydrogen-bond donors (Lipinski definition) is 1. The van der Waals surface area contributed by atoms with Gasteiger partial charge in [0.1, 0.15) is 16.4 Å². The summed E-state index contributed by atoms with van der Waals surface area (Å²) in [7, 11) is 0. The van der Waals surface area contributed by atoms with E-state index in [-0.39, 0.29) is 16.8 Å². The molecule has 1 aromatic rings. The summed E-state index contributed by atoms with van der Waals surface area (Å²) in [4.78, 5) is 20.0. The number of nitrogens with one attached hydrogen (secondary N) is 1. The molecule has 2 rings (SSSR count). The fraction of sp³-hybridized carbons (Fsp3) is 0.571. The van der Waals surface area contributed by atoms with E-state index in [1.807, 2.05) is 0 Å². The Morgan fingerprint density at radius 1 is 1.25 bits per heavy atom. The number of aromatic nitrogens is 2. The predicted molar refractivity (Wildman–Crippen MR) is 75.2 cm³/mol. The molecule has 1 aliphatic carbocycles. The lowest BCUT2D eigenvalue weighted by Gasteiger charge is -2.29. The van der Waals surface area contributed by atoms with Crippen molar-refractivity contribution in [2.24, 2.45) is 0 Å². The second-order valence-electron chi connectivity index (χ2n) is 5.14. The van der Waals surface area contributed by atoms with Crippen molar-refractivity contribution < 1.29 is 4.79 Å². The molecule has 106 valence electrons. The number of carbonyl (C=O) groups excluding carboxylic acids is 1. The van der Waals surface area contributed by atoms with Crippen molar-refractivity contribution in [1.29, 1.82) is 5.26 Å². The molecule has 0 spiro atoms. The molecule has 5 nitrogen and oxygen atoms in total. The highest BCUT2D eigenvalue weighted by Gasteiger charge is 2.32. The summed E-state index contributed by atoms with van der Waals surface area (Å²) < 4.78 is 0. The van der Waals surface area contributed by atoms with Crippen LogP contribution in [-0.4, -0.2) is 21.4 Å². The van der Waals surface area contributed by atoms with Crippen LogP contribution < -0.4 is 5.32 Å². The third-order valence-electron chi connectivity index (χ3n) is 3.61. The summed E-state index contributed by atoms with van der Waals surface area (Å²) in [5, 5.41) is 12.5. The molecule has 6 heteroatoms. The van der Waals surface area contributed by atoms with E-state index in [0.717, 1.165) is 25.7 Å². The molecule has 1 fully saturated rings. The van der Waals surface area contributed by atoms with Gasteiger partial charge in [0, 0.05) is 0 Å². The van der Waals surface area contributed by atoms with Crippen molar-refractivity contribution in [1.82, 2.24) is 15.3 Å². The van der Waals surface area contributed by atoms with Crippen molar-refractivity contribution in [3.8, 4) is 6.07 Å². The van der Waals surface area contributed by atoms with Gasteiger partial charge < -0.3 is 5.32 Å². The summed E-state index contributed by atoms with van der Waals surface area (Å²) in [6.45, 7) is 0. The van der Waals surface area contributed by atoms with Crippen LogP contribution in [0.2, 0.25) is 5.15 Å². The minimum Gasteiger partial charge on any atom is -0.332 e. The van der Waals surface area contributed by atoms with Gasteiger partial charge in [-0.05, 0) is 12.8 Å². The second-order valence-corrected chi connectivity index (χ2v) is 5.53. The predicted octanol–water partition coefficient (Wildman–Crippen LogP) is 2.87. The molecule has 1 saturated carbocycles. The number of hydrogen-bond acceptors (Lipinski definition) is 4. The molecule has 20 heavy (non-hydrogen) atoms. The SMILES string of the molecule is N#CC1(NC(=O)c2cncc(Cl)n2)CCCCCCC1. The standard InChI is InChI=1S/C14H17ClN4O/c15-12-9-17-8-11(18-12)13(20)19-14(10-16)6-4-2-1-3-5-7-14/h8-9H,1-7H2,(H,19,20). The van der Waals surface area contributed by atoms with E-state index in [0.29, 0.717) is 12.8 Å². The van der Waals surface area contributed by atoms with Gasteiger partial charge in [-0.3, -0.25) is 9.78 Å². The number of nitriles is 1. The first kappa shape index (κ1) is 14.7. The molecule has 0 radical (unpaired) electrons. The van der Waals surface area contributed by atoms with Crippen LogP contribution >= 0.6 is 11.6 Å². The van der Waals surface area contributed by atoms with Crippen LogP contribution in [0.25, 0.3) is 0 Å². The van der Waals surface area contributed by atoms with Gasteiger partial charge in [0.2, 0.25) is 0 Å². The van der Waals surface area contributed by atoms with Crippen molar-refractivity contribution in [3.05, 3.63) is 23.2 Å². The van der Waals surface area contributed by atoms with Gasteiger partial charge in [-0.1, -0.05) is 43.7 Å². The van der Waals surface area contributed by atoms with Crippen molar-refractivity contribution in [2.45, 2.75) is 50.5 Å². The van der Waals surface area contributed by atoms with E-state index in [4.69, 9.17) is 11.6 Å². The van der Waals surface area contributed by atoms with Gasteiger partial charge in [-0.2, -0.15) is 5.26 Å². The minimum atomic E-state index is -0.790. The Balaban J connectivity index is 2.12. The molecule has 0 unspecified atom stereocenters. The van der Waals surface area contributed by atoms with E-state index in [9.17, 15) is 10.1 Å². The number of amides is 1. The Bertz CT molecular complexity index is 518. The molecular formula is C14H17ClN4O. The average Bonchev–Trinajstić information content (AvgIpc) is 2.42. The first-order valence-electron chi connectivity index (χ1n) is 6.86. The molecule has 1 amide bonds. The Labute approximate surface area is 123 Å². The number of halogens is 1. The zero-order chi connectivity index (χ0) is 14.4. The third kappa shape index (κ3) is 3.67. The largest absolute Gasteiger partial charge is 0.332 e. The molecule has 0 atom stereocenters. The number of rotatable bonds is 2. The lowest BCUT2D eigenvalue weighted by atomic mass is 9.85. The van der Waals surface area contributed by atoms with Crippen LogP contribution in [0.3, 0.4) is 0 Å². The summed E-state index contributed by atoms with van der Waals surface area (Å²) in [5.41, 5.74) is -0.643. The Morgan fingerprint density at radius 2 is 1.90 bits per heavy atom. The van der Waals surface area contributed by atoms with E-state index >= 15 is 0 Å². The van der Waals surface area contributed by atoms with Crippen LogP contribution in [0.1, 0.15) is 55.4 Å². The molecule has 0 saturated heterocycles. The maximum Gasteiger partial charge on any atom is 0.272 e. The second kappa shape index (κ2) is 6.67. The normalized spacial score (nSPS) is 18.4. The maximum atomic E-state index is 12.2. The van der Waals surface area contributed by atoms with E-state index < -0.39 is 5.54 Å². The number of carbonyl (C=O) groups is 1. The Hall–Kier alpha value is -1.67.